The van der Waals surface area contributed by atoms with Crippen LogP contribution in [0.3, 0.4) is 0 Å². The lowest BCUT2D eigenvalue weighted by Crippen LogP contribution is -2.28. The second-order valence-corrected chi connectivity index (χ2v) is 8.71. The number of rotatable bonds is 12. The highest BCUT2D eigenvalue weighted by atomic mass is 32.2. The van der Waals surface area contributed by atoms with Gasteiger partial charge in [0.15, 0.2) is 11.5 Å². The third-order valence-electron chi connectivity index (χ3n) is 5.36. The minimum Gasteiger partial charge on any atom is -0.495 e. The van der Waals surface area contributed by atoms with Crippen LogP contribution >= 0.6 is 11.8 Å². The van der Waals surface area contributed by atoms with Gasteiger partial charge in [-0.3, -0.25) is 9.59 Å². The molecule has 0 bridgehead atoms. The Morgan fingerprint density at radius 3 is 2.36 bits per heavy atom. The summed E-state index contributed by atoms with van der Waals surface area (Å²) in [5, 5.41) is -0.360. The van der Waals surface area contributed by atoms with Crippen molar-refractivity contribution in [2.75, 3.05) is 25.7 Å². The minimum atomic E-state index is -0.378. The van der Waals surface area contributed by atoms with Crippen LogP contribution in [0.25, 0.3) is 6.08 Å². The van der Waals surface area contributed by atoms with Gasteiger partial charge in [-0.05, 0) is 54.1 Å². The summed E-state index contributed by atoms with van der Waals surface area (Å²) in [4.78, 5) is 27.1. The van der Waals surface area contributed by atoms with Gasteiger partial charge in [-0.15, -0.1) is 0 Å². The van der Waals surface area contributed by atoms with Crippen molar-refractivity contribution in [3.05, 3.63) is 52.9 Å². The molecule has 33 heavy (non-hydrogen) atoms. The molecule has 1 aliphatic rings. The lowest BCUT2D eigenvalue weighted by molar-refractivity contribution is -0.113. The van der Waals surface area contributed by atoms with Gasteiger partial charge in [0.25, 0.3) is 11.1 Å². The molecule has 2 aromatic rings. The van der Waals surface area contributed by atoms with E-state index in [1.807, 2.05) is 18.2 Å². The maximum Gasteiger partial charge on any atom is 0.298 e. The molecule has 6 nitrogen and oxygen atoms in total. The Morgan fingerprint density at radius 1 is 0.879 bits per heavy atom. The predicted octanol–water partition coefficient (Wildman–Crippen LogP) is 6.68. The standard InChI is InChI=1S/C26H31NO5S/c1-4-5-6-7-8-11-16-32-22-15-14-19(17-23(22)31-3)18-24-25(28)27(26(29)33-24)20-12-9-10-13-21(20)30-2/h9-10,12-15,17-18H,4-8,11,16H2,1-3H3/b24-18-. The van der Waals surface area contributed by atoms with Gasteiger partial charge in [-0.1, -0.05) is 57.2 Å². The molecule has 0 atom stereocenters. The molecular formula is C26H31NO5S. The Hall–Kier alpha value is -2.93. The second kappa shape index (κ2) is 12.3. The molecule has 176 valence electrons. The van der Waals surface area contributed by atoms with Gasteiger partial charge in [0.1, 0.15) is 5.75 Å². The fourth-order valence-electron chi connectivity index (χ4n) is 3.60. The number of imide groups is 1. The topological polar surface area (TPSA) is 65.1 Å². The van der Waals surface area contributed by atoms with Crippen molar-refractivity contribution in [2.24, 2.45) is 0 Å². The van der Waals surface area contributed by atoms with Crippen molar-refractivity contribution in [2.45, 2.75) is 45.4 Å². The van der Waals surface area contributed by atoms with Crippen LogP contribution in [0, 0.1) is 0 Å². The molecule has 1 saturated heterocycles. The summed E-state index contributed by atoms with van der Waals surface area (Å²) in [5.74, 6) is 1.36. The van der Waals surface area contributed by atoms with Gasteiger partial charge >= 0.3 is 0 Å². The second-order valence-electron chi connectivity index (χ2n) is 7.72. The van der Waals surface area contributed by atoms with Crippen LogP contribution in [0.4, 0.5) is 10.5 Å². The Bertz CT molecular complexity index is 1000. The highest BCUT2D eigenvalue weighted by Crippen LogP contribution is 2.40. The number of methoxy groups -OCH3 is 2. The molecule has 2 amide bonds. The summed E-state index contributed by atoms with van der Waals surface area (Å²) in [7, 11) is 3.10. The van der Waals surface area contributed by atoms with Crippen LogP contribution < -0.4 is 19.1 Å². The summed E-state index contributed by atoms with van der Waals surface area (Å²) in [6.07, 6.45) is 8.89. The number of carbonyl (C=O) groups excluding carboxylic acids is 2. The number of hydrogen-bond donors (Lipinski definition) is 0. The summed E-state index contributed by atoms with van der Waals surface area (Å²) in [5.41, 5.74) is 1.19. The normalized spacial score (nSPS) is 14.8. The number of ether oxygens (including phenoxy) is 3. The third-order valence-corrected chi connectivity index (χ3v) is 6.23. The predicted molar refractivity (Wildman–Crippen MR) is 133 cm³/mol. The summed E-state index contributed by atoms with van der Waals surface area (Å²) in [6.45, 7) is 2.85. The average Bonchev–Trinajstić information content (AvgIpc) is 3.11. The third kappa shape index (κ3) is 6.32. The first kappa shape index (κ1) is 24.7. The van der Waals surface area contributed by atoms with E-state index in [1.54, 1.807) is 37.5 Å². The van der Waals surface area contributed by atoms with Crippen LogP contribution in [-0.4, -0.2) is 32.0 Å². The molecule has 0 unspecified atom stereocenters. The molecule has 2 aromatic carbocycles. The number of para-hydroxylation sites is 2. The van der Waals surface area contributed by atoms with Gasteiger partial charge in [0.2, 0.25) is 0 Å². The molecule has 7 heteroatoms. The number of amides is 2. The van der Waals surface area contributed by atoms with Crippen molar-refractivity contribution in [3.63, 3.8) is 0 Å². The average molecular weight is 470 g/mol. The molecule has 1 fully saturated rings. The van der Waals surface area contributed by atoms with E-state index >= 15 is 0 Å². The molecule has 0 aromatic heterocycles. The number of anilines is 1. The van der Waals surface area contributed by atoms with Gasteiger partial charge in [0.05, 0.1) is 31.4 Å². The highest BCUT2D eigenvalue weighted by molar-refractivity contribution is 8.19. The Morgan fingerprint density at radius 2 is 1.61 bits per heavy atom. The molecule has 0 aliphatic carbocycles. The first-order valence-electron chi connectivity index (χ1n) is 11.3. The number of unbranched alkanes of at least 4 members (excludes halogenated alkanes) is 5. The number of benzene rings is 2. The maximum absolute atomic E-state index is 13.0. The van der Waals surface area contributed by atoms with E-state index in [0.717, 1.165) is 35.1 Å². The first-order chi connectivity index (χ1) is 16.1. The molecule has 1 heterocycles. The minimum absolute atomic E-state index is 0.341. The van der Waals surface area contributed by atoms with Crippen LogP contribution in [-0.2, 0) is 4.79 Å². The van der Waals surface area contributed by atoms with E-state index in [9.17, 15) is 9.59 Å². The van der Waals surface area contributed by atoms with Crippen LogP contribution in [0.1, 0.15) is 51.0 Å². The van der Waals surface area contributed by atoms with Crippen LogP contribution in [0.2, 0.25) is 0 Å². The van der Waals surface area contributed by atoms with E-state index in [1.165, 1.54) is 32.8 Å². The Labute approximate surface area is 199 Å². The SMILES string of the molecule is CCCCCCCCOc1ccc(/C=C2\SC(=O)N(c3ccccc3OC)C2=O)cc1OC. The largest absolute Gasteiger partial charge is 0.495 e. The van der Waals surface area contributed by atoms with E-state index < -0.39 is 0 Å². The molecule has 3 rings (SSSR count). The van der Waals surface area contributed by atoms with Crippen molar-refractivity contribution in [1.29, 1.82) is 0 Å². The molecule has 0 saturated carbocycles. The Balaban J connectivity index is 1.68. The summed E-state index contributed by atoms with van der Waals surface area (Å²) >= 11 is 0.904. The molecule has 1 aliphatic heterocycles. The van der Waals surface area contributed by atoms with E-state index in [-0.39, 0.29) is 11.1 Å². The maximum atomic E-state index is 13.0. The fraction of sp³-hybridized carbons (Fsp3) is 0.385. The number of carbonyl (C=O) groups is 2. The van der Waals surface area contributed by atoms with Crippen molar-refractivity contribution in [1.82, 2.24) is 0 Å². The Kier molecular flexibility index (Phi) is 9.24. The van der Waals surface area contributed by atoms with E-state index in [4.69, 9.17) is 14.2 Å². The number of thioether (sulfide) groups is 1. The van der Waals surface area contributed by atoms with Gasteiger partial charge in [0, 0.05) is 0 Å². The number of nitrogens with zero attached hydrogens (tertiary/aromatic N) is 1. The number of hydrogen-bond acceptors (Lipinski definition) is 6. The van der Waals surface area contributed by atoms with Gasteiger partial charge in [-0.2, -0.15) is 0 Å². The zero-order valence-electron chi connectivity index (χ0n) is 19.5. The molecular weight excluding hydrogens is 438 g/mol. The van der Waals surface area contributed by atoms with Gasteiger partial charge in [-0.25, -0.2) is 4.90 Å². The highest BCUT2D eigenvalue weighted by Gasteiger charge is 2.37. The van der Waals surface area contributed by atoms with Crippen molar-refractivity contribution >= 4 is 34.7 Å². The first-order valence-corrected chi connectivity index (χ1v) is 12.1. The van der Waals surface area contributed by atoms with Crippen LogP contribution in [0.5, 0.6) is 17.2 Å². The van der Waals surface area contributed by atoms with Gasteiger partial charge < -0.3 is 14.2 Å². The quantitative estimate of drug-likeness (QED) is 0.255. The van der Waals surface area contributed by atoms with E-state index in [2.05, 4.69) is 6.92 Å². The van der Waals surface area contributed by atoms with Crippen molar-refractivity contribution in [3.8, 4) is 17.2 Å². The summed E-state index contributed by atoms with van der Waals surface area (Å²) < 4.78 is 16.7. The summed E-state index contributed by atoms with van der Waals surface area (Å²) in [6, 6.07) is 12.5. The molecule has 0 radical (unpaired) electrons. The lowest BCUT2D eigenvalue weighted by Gasteiger charge is -2.15. The monoisotopic (exact) mass is 469 g/mol. The lowest BCUT2D eigenvalue weighted by atomic mass is 10.1. The fourth-order valence-corrected chi connectivity index (χ4v) is 4.43. The zero-order chi connectivity index (χ0) is 23.6. The molecule has 0 N–H and O–H groups in total. The van der Waals surface area contributed by atoms with Crippen LogP contribution in [0.15, 0.2) is 47.4 Å². The van der Waals surface area contributed by atoms with E-state index in [0.29, 0.717) is 34.4 Å². The molecule has 0 spiro atoms. The zero-order valence-corrected chi connectivity index (χ0v) is 20.3. The smallest absolute Gasteiger partial charge is 0.298 e. The van der Waals surface area contributed by atoms with Crippen molar-refractivity contribution < 1.29 is 23.8 Å².